The van der Waals surface area contributed by atoms with Crippen molar-refractivity contribution >= 4 is 10.5 Å². The van der Waals surface area contributed by atoms with Crippen molar-refractivity contribution in [2.45, 2.75) is 40.0 Å². The Bertz CT molecular complexity index is 226. The molecule has 0 rings (SSSR count). The average Bonchev–Trinajstić information content (AvgIpc) is 2.50. The summed E-state index contributed by atoms with van der Waals surface area (Å²) in [7, 11) is 0.720. The Morgan fingerprint density at radius 3 is 1.73 bits per heavy atom. The Kier molecular flexibility index (Phi) is 14.5. The Morgan fingerprint density at radius 2 is 1.27 bits per heavy atom. The van der Waals surface area contributed by atoms with E-state index in [1.165, 1.54) is 0 Å². The third kappa shape index (κ3) is 8.54. The molecule has 1 atom stereocenters. The first kappa shape index (κ1) is 21.9. The molecule has 0 fully saturated rings. The molecule has 0 heterocycles. The number of hydrogen-bond acceptors (Lipinski definition) is 7. The first-order chi connectivity index (χ1) is 10.7. The fourth-order valence-electron chi connectivity index (χ4n) is 1.79. The van der Waals surface area contributed by atoms with Crippen LogP contribution in [0.25, 0.3) is 0 Å². The molecular weight excluding hydrogens is 308 g/mol. The van der Waals surface area contributed by atoms with Crippen LogP contribution in [0.5, 0.6) is 0 Å². The minimum Gasteiger partial charge on any atom is -0.426 e. The van der Waals surface area contributed by atoms with Crippen LogP contribution >= 0.6 is 0 Å². The number of hydrogen-bond donors (Lipinski definition) is 0. The standard InChI is InChI=1S/C14H32O7Si/c1-5-16-13(17-11-9-15-10-12-21-22)14(18-6-2,19-7-3)20-8-4/h13H,5-12H2,1-4,22H3. The third-order valence-electron chi connectivity index (χ3n) is 2.57. The molecule has 0 aliphatic heterocycles. The Morgan fingerprint density at radius 1 is 0.727 bits per heavy atom. The van der Waals surface area contributed by atoms with Gasteiger partial charge in [0.15, 0.2) is 0 Å². The molecule has 0 aliphatic rings. The quantitative estimate of drug-likeness (QED) is 0.229. The van der Waals surface area contributed by atoms with Crippen LogP contribution in [0.3, 0.4) is 0 Å². The molecular formula is C14H32O7Si. The van der Waals surface area contributed by atoms with E-state index in [1.54, 1.807) is 0 Å². The van der Waals surface area contributed by atoms with Crippen LogP contribution in [0.2, 0.25) is 0 Å². The number of rotatable bonds is 16. The highest BCUT2D eigenvalue weighted by Crippen LogP contribution is 2.24. The van der Waals surface area contributed by atoms with Gasteiger partial charge in [0, 0.05) is 26.4 Å². The lowest BCUT2D eigenvalue weighted by Gasteiger charge is -2.37. The van der Waals surface area contributed by atoms with E-state index in [9.17, 15) is 0 Å². The SMILES string of the molecule is CCOC(OCCOCCO[SiH3])C(OCC)(OCC)OCC. The van der Waals surface area contributed by atoms with Crippen molar-refractivity contribution in [1.29, 1.82) is 0 Å². The molecule has 0 amide bonds. The zero-order valence-corrected chi connectivity index (χ0v) is 16.6. The van der Waals surface area contributed by atoms with Crippen molar-refractivity contribution in [2.75, 3.05) is 52.9 Å². The minimum atomic E-state index is -1.35. The molecule has 0 N–H and O–H groups in total. The predicted octanol–water partition coefficient (Wildman–Crippen LogP) is 0.442. The fourth-order valence-corrected chi connectivity index (χ4v) is 1.96. The van der Waals surface area contributed by atoms with Crippen LogP contribution in [0, 0.1) is 0 Å². The van der Waals surface area contributed by atoms with Crippen molar-refractivity contribution in [3.63, 3.8) is 0 Å². The summed E-state index contributed by atoms with van der Waals surface area (Å²) in [4.78, 5) is 0. The lowest BCUT2D eigenvalue weighted by molar-refractivity contribution is -0.453. The second-order valence-corrected chi connectivity index (χ2v) is 4.74. The average molecular weight is 340 g/mol. The summed E-state index contributed by atoms with van der Waals surface area (Å²) in [6.07, 6.45) is -0.782. The highest BCUT2D eigenvalue weighted by atomic mass is 28.2. The maximum Gasteiger partial charge on any atom is 0.337 e. The van der Waals surface area contributed by atoms with Gasteiger partial charge in [0.05, 0.1) is 26.4 Å². The largest absolute Gasteiger partial charge is 0.426 e. The molecule has 22 heavy (non-hydrogen) atoms. The van der Waals surface area contributed by atoms with Gasteiger partial charge < -0.3 is 32.8 Å². The molecule has 8 heteroatoms. The molecule has 0 spiro atoms. The summed E-state index contributed by atoms with van der Waals surface area (Å²) in [6.45, 7) is 11.1. The van der Waals surface area contributed by atoms with Crippen LogP contribution < -0.4 is 0 Å². The van der Waals surface area contributed by atoms with Crippen molar-refractivity contribution in [1.82, 2.24) is 0 Å². The van der Waals surface area contributed by atoms with Gasteiger partial charge in [-0.25, -0.2) is 0 Å². The lowest BCUT2D eigenvalue weighted by atomic mass is 10.4. The van der Waals surface area contributed by atoms with E-state index in [2.05, 4.69) is 0 Å². The summed E-state index contributed by atoms with van der Waals surface area (Å²) in [5, 5.41) is 0. The molecule has 0 saturated carbocycles. The zero-order valence-electron chi connectivity index (χ0n) is 14.6. The lowest BCUT2D eigenvalue weighted by Crippen LogP contribution is -2.53. The Labute approximate surface area is 137 Å². The molecule has 0 saturated heterocycles. The van der Waals surface area contributed by atoms with Crippen molar-refractivity contribution in [2.24, 2.45) is 0 Å². The monoisotopic (exact) mass is 340 g/mol. The summed E-state index contributed by atoms with van der Waals surface area (Å²) < 4.78 is 38.8. The third-order valence-corrected chi connectivity index (χ3v) is 2.98. The van der Waals surface area contributed by atoms with E-state index in [0.29, 0.717) is 52.9 Å². The van der Waals surface area contributed by atoms with E-state index in [1.807, 2.05) is 27.7 Å². The summed E-state index contributed by atoms with van der Waals surface area (Å²) in [5.41, 5.74) is 0. The van der Waals surface area contributed by atoms with E-state index in [-0.39, 0.29) is 0 Å². The van der Waals surface area contributed by atoms with Crippen LogP contribution in [0.4, 0.5) is 0 Å². The topological polar surface area (TPSA) is 64.6 Å². The highest BCUT2D eigenvalue weighted by molar-refractivity contribution is 5.97. The molecule has 7 nitrogen and oxygen atoms in total. The molecule has 134 valence electrons. The molecule has 0 aromatic rings. The van der Waals surface area contributed by atoms with Gasteiger partial charge in [-0.1, -0.05) is 0 Å². The van der Waals surface area contributed by atoms with Crippen molar-refractivity contribution in [3.8, 4) is 0 Å². The molecule has 0 aromatic heterocycles. The van der Waals surface area contributed by atoms with Crippen LogP contribution in [0.15, 0.2) is 0 Å². The van der Waals surface area contributed by atoms with Gasteiger partial charge in [0.1, 0.15) is 10.5 Å². The molecule has 0 aromatic carbocycles. The zero-order chi connectivity index (χ0) is 16.7. The summed E-state index contributed by atoms with van der Waals surface area (Å²) in [5.74, 6) is -1.35. The second kappa shape index (κ2) is 14.5. The predicted molar refractivity (Wildman–Crippen MR) is 85.7 cm³/mol. The van der Waals surface area contributed by atoms with Gasteiger partial charge in [0.25, 0.3) is 0 Å². The summed E-state index contributed by atoms with van der Waals surface area (Å²) in [6, 6.07) is 0. The number of ether oxygens (including phenoxy) is 6. The second-order valence-electron chi connectivity index (χ2n) is 4.17. The normalized spacial score (nSPS) is 13.6. The van der Waals surface area contributed by atoms with Crippen molar-refractivity contribution in [3.05, 3.63) is 0 Å². The van der Waals surface area contributed by atoms with Gasteiger partial charge in [0.2, 0.25) is 6.29 Å². The molecule has 0 bridgehead atoms. The van der Waals surface area contributed by atoms with Crippen LogP contribution in [-0.2, 0) is 32.8 Å². The van der Waals surface area contributed by atoms with Crippen LogP contribution in [-0.4, -0.2) is 75.6 Å². The van der Waals surface area contributed by atoms with Gasteiger partial charge in [-0.2, -0.15) is 0 Å². The Hall–Kier alpha value is -0.0631. The van der Waals surface area contributed by atoms with Gasteiger partial charge in [-0.15, -0.1) is 0 Å². The first-order valence-corrected chi connectivity index (χ1v) is 8.74. The van der Waals surface area contributed by atoms with Crippen LogP contribution in [0.1, 0.15) is 27.7 Å². The van der Waals surface area contributed by atoms with E-state index in [0.717, 1.165) is 10.5 Å². The fraction of sp³-hybridized carbons (Fsp3) is 1.00. The minimum absolute atomic E-state index is 0.348. The maximum atomic E-state index is 5.73. The van der Waals surface area contributed by atoms with E-state index >= 15 is 0 Å². The highest BCUT2D eigenvalue weighted by Gasteiger charge is 2.44. The first-order valence-electron chi connectivity index (χ1n) is 7.92. The molecule has 1 unspecified atom stereocenters. The smallest absolute Gasteiger partial charge is 0.337 e. The van der Waals surface area contributed by atoms with E-state index < -0.39 is 12.3 Å². The molecule has 0 aliphatic carbocycles. The Balaban J connectivity index is 4.58. The van der Waals surface area contributed by atoms with E-state index in [4.69, 9.17) is 32.8 Å². The summed E-state index contributed by atoms with van der Waals surface area (Å²) >= 11 is 0. The van der Waals surface area contributed by atoms with Gasteiger partial charge in [-0.3, -0.25) is 0 Å². The maximum absolute atomic E-state index is 5.73. The van der Waals surface area contributed by atoms with Crippen molar-refractivity contribution < 1.29 is 32.8 Å². The van der Waals surface area contributed by atoms with Gasteiger partial charge in [-0.05, 0) is 27.7 Å². The molecule has 0 radical (unpaired) electrons. The van der Waals surface area contributed by atoms with Gasteiger partial charge >= 0.3 is 5.97 Å².